The van der Waals surface area contributed by atoms with E-state index in [2.05, 4.69) is 10.5 Å². The molecule has 0 saturated carbocycles. The minimum absolute atomic E-state index is 0.00926. The van der Waals surface area contributed by atoms with Gasteiger partial charge >= 0.3 is 0 Å². The fourth-order valence-corrected chi connectivity index (χ4v) is 10.3. The van der Waals surface area contributed by atoms with Gasteiger partial charge in [-0.3, -0.25) is 24.6 Å². The summed E-state index contributed by atoms with van der Waals surface area (Å²) in [4.78, 5) is 44.3. The molecule has 7 N–H and O–H groups in total. The average Bonchev–Trinajstić information content (AvgIpc) is 3.94. The number of morpholine rings is 2. The van der Waals surface area contributed by atoms with Gasteiger partial charge < -0.3 is 24.8 Å². The molecule has 2 aliphatic heterocycles. The SMILES string of the molecule is CC(=O)O.NNC(=O)c1cccc(S(=O)(=O)N2CCOCC2)c1.O=C(N/N=C1\CCc2c(Cl)ccc(O)c21)c1cccc(S(=O)(=O)N2CCOCC2)c1.O=C1CCc2c(Cl)ccc(O)c21. The van der Waals surface area contributed by atoms with E-state index >= 15 is 0 Å². The molecule has 2 aliphatic carbocycles. The molecule has 4 aromatic rings. The molecule has 2 saturated heterocycles. The molecule has 19 nitrogen and oxygen atoms in total. The van der Waals surface area contributed by atoms with Crippen molar-refractivity contribution in [3.8, 4) is 11.5 Å². The number of phenolic OH excluding ortho intramolecular Hbond substituents is 2. The molecular weight excluding hydrogens is 932 g/mol. The molecule has 0 bridgehead atoms. The van der Waals surface area contributed by atoms with Crippen LogP contribution < -0.4 is 16.7 Å². The molecule has 0 aromatic heterocycles. The number of halogens is 2. The number of ketones is 1. The summed E-state index contributed by atoms with van der Waals surface area (Å²) in [5.41, 5.74) is 7.86. The zero-order chi connectivity index (χ0) is 47.5. The van der Waals surface area contributed by atoms with Gasteiger partial charge in [0.15, 0.2) is 5.78 Å². The Kier molecular flexibility index (Phi) is 17.6. The van der Waals surface area contributed by atoms with Gasteiger partial charge in [0.2, 0.25) is 20.0 Å². The van der Waals surface area contributed by atoms with E-state index in [1.165, 1.54) is 69.3 Å². The molecule has 4 aliphatic rings. The number of phenols is 2. The Hall–Kier alpha value is -5.49. The third-order valence-corrected chi connectivity index (χ3v) is 14.6. The van der Waals surface area contributed by atoms with Crippen LogP contribution in [0.5, 0.6) is 11.5 Å². The van der Waals surface area contributed by atoms with Crippen LogP contribution in [-0.4, -0.2) is 123 Å². The van der Waals surface area contributed by atoms with Crippen molar-refractivity contribution in [1.82, 2.24) is 19.5 Å². The maximum Gasteiger partial charge on any atom is 0.300 e. The fraction of sp³-hybridized carbons (Fsp3) is 0.310. The second kappa shape index (κ2) is 22.6. The lowest BCUT2D eigenvalue weighted by molar-refractivity contribution is -0.134. The minimum atomic E-state index is -3.71. The normalized spacial score (nSPS) is 16.6. The van der Waals surface area contributed by atoms with E-state index in [1.54, 1.807) is 12.1 Å². The van der Waals surface area contributed by atoms with Crippen LogP contribution in [0.15, 0.2) is 87.7 Å². The molecule has 65 heavy (non-hydrogen) atoms. The number of fused-ring (bicyclic) bond motifs is 2. The van der Waals surface area contributed by atoms with E-state index < -0.39 is 37.8 Å². The molecule has 0 atom stereocenters. The Labute approximate surface area is 384 Å². The van der Waals surface area contributed by atoms with Gasteiger partial charge in [0, 0.05) is 66.3 Å². The van der Waals surface area contributed by atoms with E-state index in [-0.39, 0.29) is 51.3 Å². The summed E-state index contributed by atoms with van der Waals surface area (Å²) < 4.78 is 63.3. The maximum atomic E-state index is 12.8. The Balaban J connectivity index is 0.000000192. The van der Waals surface area contributed by atoms with Crippen LogP contribution in [0.4, 0.5) is 0 Å². The van der Waals surface area contributed by atoms with E-state index in [0.29, 0.717) is 92.1 Å². The highest BCUT2D eigenvalue weighted by molar-refractivity contribution is 7.89. The quantitative estimate of drug-likeness (QED) is 0.0875. The number of aromatic hydroxyl groups is 2. The zero-order valence-electron chi connectivity index (χ0n) is 34.8. The summed E-state index contributed by atoms with van der Waals surface area (Å²) in [6, 6.07) is 17.8. The summed E-state index contributed by atoms with van der Waals surface area (Å²) in [6.45, 7) is 3.70. The van der Waals surface area contributed by atoms with Crippen molar-refractivity contribution in [2.24, 2.45) is 10.9 Å². The first kappa shape index (κ1) is 50.5. The fourth-order valence-electron chi connectivity index (χ4n) is 6.92. The van der Waals surface area contributed by atoms with Crippen molar-refractivity contribution in [2.75, 3.05) is 52.6 Å². The number of carbonyl (C=O) groups excluding carboxylic acids is 3. The van der Waals surface area contributed by atoms with Crippen molar-refractivity contribution >= 4 is 72.5 Å². The predicted octanol–water partition coefficient (Wildman–Crippen LogP) is 3.72. The Morgan fingerprint density at radius 1 is 0.677 bits per heavy atom. The number of sulfonamides is 2. The molecule has 8 rings (SSSR count). The molecule has 348 valence electrons. The van der Waals surface area contributed by atoms with Gasteiger partial charge in [-0.15, -0.1) is 0 Å². The number of ether oxygens (including phenoxy) is 2. The summed E-state index contributed by atoms with van der Waals surface area (Å²) >= 11 is 12.0. The number of hydrogen-bond donors (Lipinski definition) is 6. The van der Waals surface area contributed by atoms with Gasteiger partial charge in [-0.25, -0.2) is 28.1 Å². The van der Waals surface area contributed by atoms with Crippen LogP contribution in [0.2, 0.25) is 10.0 Å². The molecule has 23 heteroatoms. The average molecular weight is 978 g/mol. The molecule has 2 amide bonds. The number of nitrogens with two attached hydrogens (primary N) is 1. The number of nitrogen functional groups attached to an aromatic ring is 1. The second-order valence-electron chi connectivity index (χ2n) is 14.3. The third-order valence-electron chi connectivity index (χ3n) is 10.1. The van der Waals surface area contributed by atoms with E-state index in [0.717, 1.165) is 18.1 Å². The first-order chi connectivity index (χ1) is 30.9. The van der Waals surface area contributed by atoms with Crippen molar-refractivity contribution in [3.05, 3.63) is 116 Å². The number of carboxylic acids is 1. The summed E-state index contributed by atoms with van der Waals surface area (Å²) in [7, 11) is -7.30. The summed E-state index contributed by atoms with van der Waals surface area (Å²) in [6.07, 6.45) is 2.26. The third kappa shape index (κ3) is 12.7. The van der Waals surface area contributed by atoms with Gasteiger partial charge in [-0.2, -0.15) is 13.7 Å². The lowest BCUT2D eigenvalue weighted by Crippen LogP contribution is -2.40. The number of hydrazone groups is 1. The Bertz CT molecular complexity index is 2690. The molecular formula is C42H46Cl2N6O13S2. The first-order valence-electron chi connectivity index (χ1n) is 19.8. The highest BCUT2D eigenvalue weighted by Crippen LogP contribution is 2.36. The first-order valence-corrected chi connectivity index (χ1v) is 23.5. The van der Waals surface area contributed by atoms with Gasteiger partial charge in [0.05, 0.1) is 47.5 Å². The van der Waals surface area contributed by atoms with Crippen LogP contribution in [0.25, 0.3) is 0 Å². The van der Waals surface area contributed by atoms with E-state index in [9.17, 15) is 41.4 Å². The molecule has 2 heterocycles. The Morgan fingerprint density at radius 2 is 1.11 bits per heavy atom. The highest BCUT2D eigenvalue weighted by atomic mass is 35.5. The topological polar surface area (TPSA) is 285 Å². The molecule has 4 aromatic carbocycles. The van der Waals surface area contributed by atoms with Crippen molar-refractivity contribution in [3.63, 3.8) is 0 Å². The van der Waals surface area contributed by atoms with Crippen molar-refractivity contribution in [1.29, 1.82) is 0 Å². The number of Topliss-reactive ketones (excluding diaryl/α,β-unsaturated/α-hetero) is 1. The largest absolute Gasteiger partial charge is 0.507 e. The van der Waals surface area contributed by atoms with Crippen LogP contribution in [0.1, 0.15) is 67.5 Å². The van der Waals surface area contributed by atoms with Gasteiger partial charge in [0.1, 0.15) is 11.5 Å². The Morgan fingerprint density at radius 3 is 1.57 bits per heavy atom. The maximum absolute atomic E-state index is 12.8. The number of carbonyl (C=O) groups is 4. The van der Waals surface area contributed by atoms with E-state index in [1.807, 2.05) is 5.43 Å². The number of hydrogen-bond acceptors (Lipinski definition) is 14. The number of amides is 2. The molecule has 0 spiro atoms. The summed E-state index contributed by atoms with van der Waals surface area (Å²) in [5, 5.41) is 32.2. The van der Waals surface area contributed by atoms with Crippen LogP contribution in [0, 0.1) is 0 Å². The van der Waals surface area contributed by atoms with E-state index in [4.69, 9.17) is 48.4 Å². The number of carboxylic acid groups (broad SMARTS) is 1. The number of rotatable bonds is 7. The lowest BCUT2D eigenvalue weighted by Gasteiger charge is -2.26. The zero-order valence-corrected chi connectivity index (χ0v) is 38.0. The predicted molar refractivity (Wildman–Crippen MR) is 238 cm³/mol. The standard InChI is InChI=1S/C20H20ClN3O5S.C11H15N3O4S.C9H7ClO2.C2H4O2/c21-16-5-7-18(25)19-15(16)4-6-17(19)22-23-20(26)13-2-1-3-14(12-13)30(27,28)24-8-10-29-11-9-24;12-13-11(15)9-2-1-3-10(8-9)19(16,17)14-4-6-18-7-5-14;10-6-2-4-8(12)9-5(6)1-3-7(9)11;1-2(3)4/h1-3,5,7,12,25H,4,6,8-11H2,(H,23,26);1-3,8H,4-7,12H2,(H,13,15);2,4,12H,1,3H2;1H3,(H,3,4)/b22-17+;;;. The van der Waals surface area contributed by atoms with Crippen molar-refractivity contribution in [2.45, 2.75) is 42.4 Å². The summed E-state index contributed by atoms with van der Waals surface area (Å²) in [5.74, 6) is 3.22. The molecule has 0 radical (unpaired) electrons. The smallest absolute Gasteiger partial charge is 0.300 e. The number of nitrogens with one attached hydrogen (secondary N) is 2. The monoisotopic (exact) mass is 976 g/mol. The van der Waals surface area contributed by atoms with Crippen LogP contribution in [0.3, 0.4) is 0 Å². The van der Waals surface area contributed by atoms with Gasteiger partial charge in [0.25, 0.3) is 17.8 Å². The lowest BCUT2D eigenvalue weighted by atomic mass is 10.1. The highest BCUT2D eigenvalue weighted by Gasteiger charge is 2.29. The van der Waals surface area contributed by atoms with Crippen LogP contribution >= 0.6 is 23.2 Å². The van der Waals surface area contributed by atoms with Gasteiger partial charge in [-0.05, 0) is 91.1 Å². The number of nitrogens with zero attached hydrogens (tertiary/aromatic N) is 3. The second-order valence-corrected chi connectivity index (χ2v) is 19.0. The minimum Gasteiger partial charge on any atom is -0.507 e. The molecule has 2 fully saturated rings. The molecule has 0 unspecified atom stereocenters. The number of aliphatic carboxylic acids is 1. The number of benzene rings is 4. The van der Waals surface area contributed by atoms with Gasteiger partial charge in [-0.1, -0.05) is 35.3 Å². The number of hydrazine groups is 1. The van der Waals surface area contributed by atoms with Crippen LogP contribution in [-0.2, 0) is 47.2 Å². The van der Waals surface area contributed by atoms with Crippen molar-refractivity contribution < 1.29 is 60.8 Å².